The lowest BCUT2D eigenvalue weighted by atomic mass is 9.82. The zero-order valence-corrected chi connectivity index (χ0v) is 15.2. The molecule has 0 aromatic carbocycles. The van der Waals surface area contributed by atoms with Gasteiger partial charge < -0.3 is 9.47 Å². The molecule has 25 heavy (non-hydrogen) atoms. The van der Waals surface area contributed by atoms with Gasteiger partial charge in [-0.3, -0.25) is 14.4 Å². The molecular formula is C20H28O5. The molecule has 3 atom stereocenters. The number of ketones is 1. The summed E-state index contributed by atoms with van der Waals surface area (Å²) in [7, 11) is 0. The van der Waals surface area contributed by atoms with Crippen molar-refractivity contribution in [3.63, 3.8) is 0 Å². The topological polar surface area (TPSA) is 69.7 Å². The minimum atomic E-state index is -0.840. The van der Waals surface area contributed by atoms with Gasteiger partial charge in [-0.15, -0.1) is 0 Å². The summed E-state index contributed by atoms with van der Waals surface area (Å²) in [5.74, 6) is -0.808. The standard InChI is InChI=1S/C20H28O5/c1-3-4-5-9-17-18(22)12-14-20(17,25-15(2)21)13-7-6-8-16-10-11-19(23)24-16/h4-5,12,14,16-17H,3,6-11,13H2,1-2H3/b5-4-/t16-,17-,20-/m1/s1. The Kier molecular flexibility index (Phi) is 6.97. The zero-order valence-electron chi connectivity index (χ0n) is 15.2. The van der Waals surface area contributed by atoms with Crippen LogP contribution in [0.3, 0.4) is 0 Å². The fraction of sp³-hybridized carbons (Fsp3) is 0.650. The van der Waals surface area contributed by atoms with Gasteiger partial charge in [-0.25, -0.2) is 0 Å². The summed E-state index contributed by atoms with van der Waals surface area (Å²) in [5.41, 5.74) is -0.840. The van der Waals surface area contributed by atoms with Crippen LogP contribution in [0.2, 0.25) is 0 Å². The zero-order chi connectivity index (χ0) is 18.3. The molecule has 0 bridgehead atoms. The SMILES string of the molecule is CC/C=C\C[C@@H]1C(=O)C=C[C@@]1(CCCC[C@@H]1CCC(=O)O1)OC(C)=O. The summed E-state index contributed by atoms with van der Waals surface area (Å²) in [4.78, 5) is 35.0. The van der Waals surface area contributed by atoms with Gasteiger partial charge in [0, 0.05) is 13.3 Å². The molecule has 0 N–H and O–H groups in total. The molecule has 138 valence electrons. The van der Waals surface area contributed by atoms with Gasteiger partial charge in [-0.1, -0.05) is 19.1 Å². The molecule has 0 spiro atoms. The maximum absolute atomic E-state index is 12.3. The van der Waals surface area contributed by atoms with Crippen LogP contribution in [0.1, 0.15) is 65.2 Å². The summed E-state index contributed by atoms with van der Waals surface area (Å²) in [5, 5.41) is 0. The Morgan fingerprint density at radius 2 is 2.16 bits per heavy atom. The van der Waals surface area contributed by atoms with E-state index in [2.05, 4.69) is 0 Å². The highest BCUT2D eigenvalue weighted by atomic mass is 16.6. The van der Waals surface area contributed by atoms with E-state index >= 15 is 0 Å². The number of hydrogen-bond donors (Lipinski definition) is 0. The van der Waals surface area contributed by atoms with Crippen molar-refractivity contribution in [1.82, 2.24) is 0 Å². The van der Waals surface area contributed by atoms with Crippen LogP contribution < -0.4 is 0 Å². The van der Waals surface area contributed by atoms with Crippen LogP contribution >= 0.6 is 0 Å². The first kappa shape index (κ1) is 19.4. The van der Waals surface area contributed by atoms with Crippen LogP contribution in [0.5, 0.6) is 0 Å². The molecule has 0 saturated carbocycles. The Bertz CT molecular complexity index is 562. The van der Waals surface area contributed by atoms with Gasteiger partial charge in [0.1, 0.15) is 11.7 Å². The molecule has 1 fully saturated rings. The van der Waals surface area contributed by atoms with Crippen LogP contribution in [0.15, 0.2) is 24.3 Å². The Morgan fingerprint density at radius 3 is 2.80 bits per heavy atom. The van der Waals surface area contributed by atoms with Crippen molar-refractivity contribution in [1.29, 1.82) is 0 Å². The van der Waals surface area contributed by atoms with Gasteiger partial charge in [0.25, 0.3) is 0 Å². The lowest BCUT2D eigenvalue weighted by molar-refractivity contribution is -0.158. The monoisotopic (exact) mass is 348 g/mol. The second kappa shape index (κ2) is 8.97. The maximum atomic E-state index is 12.3. The van der Waals surface area contributed by atoms with Crippen molar-refractivity contribution in [3.8, 4) is 0 Å². The number of carbonyl (C=O) groups excluding carboxylic acids is 3. The third kappa shape index (κ3) is 5.28. The first-order valence-corrected chi connectivity index (χ1v) is 9.24. The van der Waals surface area contributed by atoms with Crippen molar-refractivity contribution in [3.05, 3.63) is 24.3 Å². The molecular weight excluding hydrogens is 320 g/mol. The Hall–Kier alpha value is -1.91. The number of carbonyl (C=O) groups is 3. The number of ether oxygens (including phenoxy) is 2. The van der Waals surface area contributed by atoms with Gasteiger partial charge in [-0.05, 0) is 57.1 Å². The predicted octanol–water partition coefficient (Wildman–Crippen LogP) is 3.67. The summed E-state index contributed by atoms with van der Waals surface area (Å²) in [6.45, 7) is 3.43. The quantitative estimate of drug-likeness (QED) is 0.361. The molecule has 5 heteroatoms. The second-order valence-electron chi connectivity index (χ2n) is 6.85. The lowest BCUT2D eigenvalue weighted by Crippen LogP contribution is -2.40. The van der Waals surface area contributed by atoms with Crippen molar-refractivity contribution >= 4 is 17.7 Å². The number of hydrogen-bond acceptors (Lipinski definition) is 5. The molecule has 1 heterocycles. The Morgan fingerprint density at radius 1 is 1.36 bits per heavy atom. The van der Waals surface area contributed by atoms with Crippen molar-refractivity contribution in [2.45, 2.75) is 76.9 Å². The highest BCUT2D eigenvalue weighted by molar-refractivity contribution is 5.96. The first-order valence-electron chi connectivity index (χ1n) is 9.24. The van der Waals surface area contributed by atoms with Crippen LogP contribution in [-0.2, 0) is 23.9 Å². The van der Waals surface area contributed by atoms with E-state index in [0.29, 0.717) is 19.3 Å². The molecule has 1 aliphatic heterocycles. The maximum Gasteiger partial charge on any atom is 0.306 e. The normalized spacial score (nSPS) is 28.7. The Balaban J connectivity index is 1.94. The van der Waals surface area contributed by atoms with E-state index in [1.54, 1.807) is 12.2 Å². The molecule has 1 saturated heterocycles. The van der Waals surface area contributed by atoms with E-state index in [1.807, 2.05) is 19.1 Å². The van der Waals surface area contributed by atoms with Gasteiger partial charge in [0.05, 0.1) is 5.92 Å². The first-order chi connectivity index (χ1) is 12.0. The highest BCUT2D eigenvalue weighted by Crippen LogP contribution is 2.38. The fourth-order valence-corrected chi connectivity index (χ4v) is 3.65. The van der Waals surface area contributed by atoms with Gasteiger partial charge in [0.2, 0.25) is 0 Å². The summed E-state index contributed by atoms with van der Waals surface area (Å²) in [6, 6.07) is 0. The van der Waals surface area contributed by atoms with Crippen LogP contribution in [0.25, 0.3) is 0 Å². The molecule has 0 unspecified atom stereocenters. The summed E-state index contributed by atoms with van der Waals surface area (Å²) < 4.78 is 10.9. The van der Waals surface area contributed by atoms with E-state index in [1.165, 1.54) is 6.92 Å². The van der Waals surface area contributed by atoms with E-state index in [-0.39, 0.29) is 29.7 Å². The van der Waals surface area contributed by atoms with Crippen LogP contribution in [0.4, 0.5) is 0 Å². The van der Waals surface area contributed by atoms with E-state index in [4.69, 9.17) is 9.47 Å². The van der Waals surface area contributed by atoms with Crippen LogP contribution in [-0.4, -0.2) is 29.4 Å². The summed E-state index contributed by atoms with van der Waals surface area (Å²) in [6.07, 6.45) is 13.2. The smallest absolute Gasteiger partial charge is 0.306 e. The molecule has 0 radical (unpaired) electrons. The third-order valence-electron chi connectivity index (χ3n) is 4.88. The van der Waals surface area contributed by atoms with Gasteiger partial charge in [0.15, 0.2) is 5.78 Å². The fourth-order valence-electron chi connectivity index (χ4n) is 3.65. The average molecular weight is 348 g/mol. The van der Waals surface area contributed by atoms with E-state index < -0.39 is 5.60 Å². The molecule has 5 nitrogen and oxygen atoms in total. The minimum Gasteiger partial charge on any atom is -0.462 e. The van der Waals surface area contributed by atoms with Crippen molar-refractivity contribution in [2.24, 2.45) is 5.92 Å². The number of rotatable bonds is 9. The molecule has 2 aliphatic rings. The molecule has 0 amide bonds. The lowest BCUT2D eigenvalue weighted by Gasteiger charge is -2.33. The van der Waals surface area contributed by atoms with E-state index in [9.17, 15) is 14.4 Å². The minimum absolute atomic E-state index is 0.0150. The number of cyclic esters (lactones) is 1. The molecule has 2 rings (SSSR count). The van der Waals surface area contributed by atoms with Crippen molar-refractivity contribution < 1.29 is 23.9 Å². The molecule has 1 aliphatic carbocycles. The van der Waals surface area contributed by atoms with E-state index in [0.717, 1.165) is 32.1 Å². The Labute approximate surface area is 149 Å². The third-order valence-corrected chi connectivity index (χ3v) is 4.88. The predicted molar refractivity (Wildman–Crippen MR) is 93.8 cm³/mol. The molecule has 0 aromatic heterocycles. The molecule has 0 aromatic rings. The van der Waals surface area contributed by atoms with Gasteiger partial charge in [-0.2, -0.15) is 0 Å². The highest BCUT2D eigenvalue weighted by Gasteiger charge is 2.46. The largest absolute Gasteiger partial charge is 0.462 e. The number of esters is 2. The average Bonchev–Trinajstić information content (AvgIpc) is 3.10. The van der Waals surface area contributed by atoms with Gasteiger partial charge >= 0.3 is 11.9 Å². The number of unbranched alkanes of at least 4 members (excludes halogenated alkanes) is 1. The second-order valence-corrected chi connectivity index (χ2v) is 6.85. The van der Waals surface area contributed by atoms with Crippen molar-refractivity contribution in [2.75, 3.05) is 0 Å². The summed E-state index contributed by atoms with van der Waals surface area (Å²) >= 11 is 0. The van der Waals surface area contributed by atoms with Crippen LogP contribution in [0, 0.1) is 5.92 Å². The number of allylic oxidation sites excluding steroid dienone is 3.